The first-order valence-corrected chi connectivity index (χ1v) is 12.2. The first kappa shape index (κ1) is 24.1. The number of hydrogen-bond donors (Lipinski definition) is 0. The van der Waals surface area contributed by atoms with Crippen LogP contribution in [0.4, 0.5) is 10.1 Å². The quantitative estimate of drug-likeness (QED) is 0.373. The van der Waals surface area contributed by atoms with Gasteiger partial charge in [-0.05, 0) is 65.6 Å². The fourth-order valence-electron chi connectivity index (χ4n) is 4.41. The van der Waals surface area contributed by atoms with E-state index in [0.29, 0.717) is 5.92 Å². The molecule has 0 saturated carbocycles. The molecule has 1 heterocycles. The van der Waals surface area contributed by atoms with Crippen LogP contribution in [0.25, 0.3) is 0 Å². The van der Waals surface area contributed by atoms with E-state index >= 15 is 0 Å². The number of rotatable bonds is 9. The van der Waals surface area contributed by atoms with Crippen molar-refractivity contribution in [2.75, 3.05) is 44.7 Å². The van der Waals surface area contributed by atoms with Crippen molar-refractivity contribution in [3.05, 3.63) is 89.7 Å². The second-order valence-corrected chi connectivity index (χ2v) is 9.20. The molecule has 1 aliphatic rings. The fourth-order valence-corrected chi connectivity index (χ4v) is 4.41. The Bertz CT molecular complexity index is 1030. The lowest BCUT2D eigenvalue weighted by Crippen LogP contribution is -2.46. The van der Waals surface area contributed by atoms with Gasteiger partial charge in [-0.3, -0.25) is 4.90 Å². The lowest BCUT2D eigenvalue weighted by molar-refractivity contribution is 0.160. The Morgan fingerprint density at radius 2 is 1.53 bits per heavy atom. The molecule has 1 saturated heterocycles. The van der Waals surface area contributed by atoms with E-state index in [1.165, 1.54) is 17.7 Å². The molecule has 0 aromatic heterocycles. The second-order valence-electron chi connectivity index (χ2n) is 9.20. The molecule has 1 unspecified atom stereocenters. The summed E-state index contributed by atoms with van der Waals surface area (Å²) in [5, 5.41) is 0. The molecule has 1 aliphatic heterocycles. The molecule has 0 amide bonds. The van der Waals surface area contributed by atoms with Crippen molar-refractivity contribution >= 4 is 5.69 Å². The number of methoxy groups -OCH3 is 1. The lowest BCUT2D eigenvalue weighted by atomic mass is 10.0. The first-order chi connectivity index (χ1) is 16.5. The third-order valence-electron chi connectivity index (χ3n) is 6.56. The van der Waals surface area contributed by atoms with Crippen molar-refractivity contribution in [1.82, 2.24) is 4.90 Å². The predicted octanol–water partition coefficient (Wildman–Crippen LogP) is 6.29. The van der Waals surface area contributed by atoms with Crippen molar-refractivity contribution in [2.45, 2.75) is 32.3 Å². The van der Waals surface area contributed by atoms with Gasteiger partial charge in [0, 0.05) is 44.8 Å². The standard InChI is InChI=1S/C29H35FN2O2/c1-22(2)23-7-13-27(14-8-23)34-29(24-5-4-6-28(21-24)33-3)15-16-31-17-19-32(20-18-31)26-11-9-25(30)10-12-26/h4-14,21-22,29H,15-20H2,1-3H3. The Morgan fingerprint density at radius 3 is 2.18 bits per heavy atom. The Kier molecular flexibility index (Phi) is 8.07. The molecule has 180 valence electrons. The van der Waals surface area contributed by atoms with Crippen LogP contribution in [-0.4, -0.2) is 44.7 Å². The van der Waals surface area contributed by atoms with Gasteiger partial charge in [0.25, 0.3) is 0 Å². The van der Waals surface area contributed by atoms with Gasteiger partial charge in [-0.2, -0.15) is 0 Å². The van der Waals surface area contributed by atoms with Gasteiger partial charge in [-0.1, -0.05) is 38.1 Å². The highest BCUT2D eigenvalue weighted by atomic mass is 19.1. The highest BCUT2D eigenvalue weighted by Gasteiger charge is 2.21. The minimum atomic E-state index is -0.190. The van der Waals surface area contributed by atoms with E-state index in [-0.39, 0.29) is 11.9 Å². The zero-order valence-electron chi connectivity index (χ0n) is 20.4. The van der Waals surface area contributed by atoms with Crippen LogP contribution >= 0.6 is 0 Å². The van der Waals surface area contributed by atoms with Crippen molar-refractivity contribution < 1.29 is 13.9 Å². The maximum atomic E-state index is 13.2. The average Bonchev–Trinajstić information content (AvgIpc) is 2.87. The van der Waals surface area contributed by atoms with Gasteiger partial charge in [-0.25, -0.2) is 4.39 Å². The molecule has 1 fully saturated rings. The van der Waals surface area contributed by atoms with Gasteiger partial charge in [0.15, 0.2) is 0 Å². The van der Waals surface area contributed by atoms with Gasteiger partial charge >= 0.3 is 0 Å². The Morgan fingerprint density at radius 1 is 0.824 bits per heavy atom. The predicted molar refractivity (Wildman–Crippen MR) is 137 cm³/mol. The van der Waals surface area contributed by atoms with Gasteiger partial charge in [-0.15, -0.1) is 0 Å². The number of nitrogens with zero attached hydrogens (tertiary/aromatic N) is 2. The molecule has 0 radical (unpaired) electrons. The summed E-state index contributed by atoms with van der Waals surface area (Å²) in [6.45, 7) is 9.18. The molecular formula is C29H35FN2O2. The Balaban J connectivity index is 1.39. The van der Waals surface area contributed by atoms with Gasteiger partial charge in [0.2, 0.25) is 0 Å². The van der Waals surface area contributed by atoms with Crippen LogP contribution in [0, 0.1) is 5.82 Å². The summed E-state index contributed by atoms with van der Waals surface area (Å²) >= 11 is 0. The van der Waals surface area contributed by atoms with Crippen LogP contribution in [0.3, 0.4) is 0 Å². The van der Waals surface area contributed by atoms with Gasteiger partial charge in [0.1, 0.15) is 23.4 Å². The highest BCUT2D eigenvalue weighted by molar-refractivity contribution is 5.46. The van der Waals surface area contributed by atoms with Crippen molar-refractivity contribution in [3.63, 3.8) is 0 Å². The van der Waals surface area contributed by atoms with Crippen molar-refractivity contribution in [3.8, 4) is 11.5 Å². The molecular weight excluding hydrogens is 427 g/mol. The number of piperazine rings is 1. The molecule has 3 aromatic carbocycles. The zero-order valence-corrected chi connectivity index (χ0v) is 20.4. The summed E-state index contributed by atoms with van der Waals surface area (Å²) in [5.74, 6) is 2.04. The fraction of sp³-hybridized carbons (Fsp3) is 0.379. The summed E-state index contributed by atoms with van der Waals surface area (Å²) in [4.78, 5) is 4.81. The van der Waals surface area contributed by atoms with Crippen LogP contribution in [0.2, 0.25) is 0 Å². The van der Waals surface area contributed by atoms with Crippen LogP contribution in [0.1, 0.15) is 43.4 Å². The third-order valence-corrected chi connectivity index (χ3v) is 6.56. The molecule has 0 bridgehead atoms. The summed E-state index contributed by atoms with van der Waals surface area (Å²) in [7, 11) is 1.69. The zero-order chi connectivity index (χ0) is 23.9. The summed E-state index contributed by atoms with van der Waals surface area (Å²) in [6.07, 6.45) is 0.825. The van der Waals surface area contributed by atoms with E-state index < -0.39 is 0 Å². The minimum absolute atomic E-state index is 0.0601. The van der Waals surface area contributed by atoms with Crippen molar-refractivity contribution in [2.24, 2.45) is 0 Å². The maximum absolute atomic E-state index is 13.2. The Hall–Kier alpha value is -3.05. The van der Waals surface area contributed by atoms with Crippen molar-refractivity contribution in [1.29, 1.82) is 0 Å². The monoisotopic (exact) mass is 462 g/mol. The van der Waals surface area contributed by atoms with Gasteiger partial charge < -0.3 is 14.4 Å². The van der Waals surface area contributed by atoms with E-state index in [2.05, 4.69) is 60.0 Å². The highest BCUT2D eigenvalue weighted by Crippen LogP contribution is 2.29. The third kappa shape index (κ3) is 6.29. The summed E-state index contributed by atoms with van der Waals surface area (Å²) < 4.78 is 25.2. The number of benzene rings is 3. The van der Waals surface area contributed by atoms with E-state index in [9.17, 15) is 4.39 Å². The number of halogens is 1. The maximum Gasteiger partial charge on any atom is 0.125 e. The molecule has 3 aromatic rings. The molecule has 4 rings (SSSR count). The largest absolute Gasteiger partial charge is 0.497 e. The first-order valence-electron chi connectivity index (χ1n) is 12.2. The van der Waals surface area contributed by atoms with Crippen LogP contribution < -0.4 is 14.4 Å². The number of hydrogen-bond acceptors (Lipinski definition) is 4. The van der Waals surface area contributed by atoms with Crippen LogP contribution in [0.5, 0.6) is 11.5 Å². The average molecular weight is 463 g/mol. The molecule has 34 heavy (non-hydrogen) atoms. The molecule has 0 N–H and O–H groups in total. The minimum Gasteiger partial charge on any atom is -0.497 e. The van der Waals surface area contributed by atoms with E-state index in [4.69, 9.17) is 9.47 Å². The van der Waals surface area contributed by atoms with E-state index in [0.717, 1.165) is 61.9 Å². The Labute approximate surface area is 202 Å². The topological polar surface area (TPSA) is 24.9 Å². The second kappa shape index (κ2) is 11.4. The SMILES string of the molecule is COc1cccc(C(CCN2CCN(c3ccc(F)cc3)CC2)Oc2ccc(C(C)C)cc2)c1. The van der Waals surface area contributed by atoms with E-state index in [1.807, 2.05) is 24.3 Å². The van der Waals surface area contributed by atoms with Crippen LogP contribution in [0.15, 0.2) is 72.8 Å². The van der Waals surface area contributed by atoms with E-state index in [1.54, 1.807) is 7.11 Å². The molecule has 4 nitrogen and oxygen atoms in total. The number of ether oxygens (including phenoxy) is 2. The summed E-state index contributed by atoms with van der Waals surface area (Å²) in [5.41, 5.74) is 3.52. The molecule has 5 heteroatoms. The van der Waals surface area contributed by atoms with Crippen LogP contribution in [-0.2, 0) is 0 Å². The number of anilines is 1. The molecule has 0 aliphatic carbocycles. The smallest absolute Gasteiger partial charge is 0.125 e. The van der Waals surface area contributed by atoms with Gasteiger partial charge in [0.05, 0.1) is 7.11 Å². The molecule has 1 atom stereocenters. The normalized spacial score (nSPS) is 15.4. The lowest BCUT2D eigenvalue weighted by Gasteiger charge is -2.36. The molecule has 0 spiro atoms. The summed E-state index contributed by atoms with van der Waals surface area (Å²) in [6, 6.07) is 23.4.